The van der Waals surface area contributed by atoms with Crippen LogP contribution < -0.4 is 10.2 Å². The number of ether oxygens (including phenoxy) is 1. The summed E-state index contributed by atoms with van der Waals surface area (Å²) in [6.07, 6.45) is 3.22. The molecule has 0 bridgehead atoms. The number of halogens is 1. The third-order valence-corrected chi connectivity index (χ3v) is 11.1. The maximum atomic E-state index is 16.0. The number of hydrogen-bond acceptors (Lipinski definition) is 6. The van der Waals surface area contributed by atoms with E-state index in [2.05, 4.69) is 15.6 Å². The van der Waals surface area contributed by atoms with Crippen LogP contribution in [0.5, 0.6) is 0 Å². The van der Waals surface area contributed by atoms with E-state index in [0.717, 1.165) is 11.3 Å². The van der Waals surface area contributed by atoms with Crippen LogP contribution in [-0.2, 0) is 39.3 Å². The molecule has 210 valence electrons. The van der Waals surface area contributed by atoms with Gasteiger partial charge >= 0.3 is 0 Å². The van der Waals surface area contributed by atoms with Crippen LogP contribution in [0.15, 0.2) is 48.7 Å². The molecule has 3 aromatic rings. The lowest BCUT2D eigenvalue weighted by Gasteiger charge is -2.32. The molecule has 0 saturated carbocycles. The first-order chi connectivity index (χ1) is 19.1. The molecule has 9 nitrogen and oxygen atoms in total. The van der Waals surface area contributed by atoms with Crippen LogP contribution >= 0.6 is 0 Å². The number of carbonyl (C=O) groups excluding carboxylic acids is 2. The number of aryl methyl sites for hydroxylation is 2. The molecule has 3 aliphatic rings. The second-order valence-corrected chi connectivity index (χ2v) is 15.3. The highest BCUT2D eigenvalue weighted by atomic mass is 28.4. The Morgan fingerprint density at radius 1 is 1.20 bits per heavy atom. The molecule has 2 N–H and O–H groups in total. The molecule has 2 amide bonds. The van der Waals surface area contributed by atoms with Crippen LogP contribution in [-0.4, -0.2) is 53.0 Å². The number of para-hydroxylation sites is 1. The molecule has 4 atom stereocenters. The van der Waals surface area contributed by atoms with E-state index in [1.54, 1.807) is 28.9 Å². The number of amides is 2. The predicted molar refractivity (Wildman–Crippen MR) is 150 cm³/mol. The minimum atomic E-state index is -3.29. The first kappa shape index (κ1) is 26.8. The number of hydrogen-bond donors (Lipinski definition) is 2. The van der Waals surface area contributed by atoms with Gasteiger partial charge in [-0.05, 0) is 55.8 Å². The van der Waals surface area contributed by atoms with Gasteiger partial charge in [-0.15, -0.1) is 5.10 Å². The lowest BCUT2D eigenvalue weighted by Crippen LogP contribution is -2.42. The Kier molecular flexibility index (Phi) is 6.63. The minimum absolute atomic E-state index is 0.00757. The number of aromatic nitrogens is 3. The summed E-state index contributed by atoms with van der Waals surface area (Å²) in [7, 11) is -3.29. The average Bonchev–Trinajstić information content (AvgIpc) is 3.57. The van der Waals surface area contributed by atoms with Gasteiger partial charge in [0.15, 0.2) is 5.60 Å². The third kappa shape index (κ3) is 4.27. The number of anilines is 3. The van der Waals surface area contributed by atoms with Crippen molar-refractivity contribution in [3.05, 3.63) is 65.5 Å². The van der Waals surface area contributed by atoms with Crippen molar-refractivity contribution in [1.29, 1.82) is 0 Å². The van der Waals surface area contributed by atoms with E-state index < -0.39 is 31.6 Å². The Morgan fingerprint density at radius 2 is 2.00 bits per heavy atom. The van der Waals surface area contributed by atoms with Gasteiger partial charge in [-0.2, -0.15) is 0 Å². The van der Waals surface area contributed by atoms with Crippen LogP contribution in [0.2, 0.25) is 18.6 Å². The number of fused-ring (bicyclic) bond motifs is 3. The van der Waals surface area contributed by atoms with Crippen LogP contribution in [0.3, 0.4) is 0 Å². The van der Waals surface area contributed by atoms with E-state index in [-0.39, 0.29) is 18.4 Å². The molecule has 1 fully saturated rings. The van der Waals surface area contributed by atoms with Crippen molar-refractivity contribution in [1.82, 2.24) is 15.0 Å². The first-order valence-electron chi connectivity index (χ1n) is 13.9. The van der Waals surface area contributed by atoms with Crippen molar-refractivity contribution in [3.8, 4) is 0 Å². The molecule has 11 heteroatoms. The molecule has 4 heterocycles. The quantitative estimate of drug-likeness (QED) is 0.329. The van der Waals surface area contributed by atoms with Crippen LogP contribution in [0, 0.1) is 5.92 Å². The van der Waals surface area contributed by atoms with E-state index in [4.69, 9.17) is 4.74 Å². The van der Waals surface area contributed by atoms with E-state index in [1.165, 1.54) is 0 Å². The molecule has 6 rings (SSSR count). The zero-order chi connectivity index (χ0) is 28.2. The maximum Gasteiger partial charge on any atom is 0.261 e. The summed E-state index contributed by atoms with van der Waals surface area (Å²) in [6.45, 7) is 5.69. The van der Waals surface area contributed by atoms with Gasteiger partial charge < -0.3 is 19.3 Å². The van der Waals surface area contributed by atoms with E-state index in [0.29, 0.717) is 54.9 Å². The fourth-order valence-electron chi connectivity index (χ4n) is 6.91. The van der Waals surface area contributed by atoms with Crippen molar-refractivity contribution in [2.75, 3.05) is 16.8 Å². The highest BCUT2D eigenvalue weighted by Crippen LogP contribution is 2.59. The molecule has 3 aliphatic heterocycles. The Bertz CT molecular complexity index is 1470. The summed E-state index contributed by atoms with van der Waals surface area (Å²) < 4.78 is 24.3. The standard InChI is InChI=1S/C29H34FN5O4Si/c1-18-27(40(2,3)30)25(12-14-34-17-20(13-15-36)32-33-34)39-29(18)22-16-21(9-10-23(22)31-28(29)38)35-24-7-5-4-6-19(24)8-11-26(35)37/h4-7,9-10,16-18,25,27,36H,8,11-15H2,1-3H3,(H,31,38)/t18-,25+,27-,29+/m0/s1. The molecule has 1 aromatic heterocycles. The Labute approximate surface area is 233 Å². The normalized spacial score (nSPS) is 25.8. The lowest BCUT2D eigenvalue weighted by molar-refractivity contribution is -0.143. The molecule has 1 spiro atoms. The minimum Gasteiger partial charge on any atom is -0.396 e. The van der Waals surface area contributed by atoms with Gasteiger partial charge in [-0.3, -0.25) is 19.2 Å². The Morgan fingerprint density at radius 3 is 2.77 bits per heavy atom. The molecule has 2 aromatic carbocycles. The smallest absolute Gasteiger partial charge is 0.261 e. The van der Waals surface area contributed by atoms with Gasteiger partial charge in [0.05, 0.1) is 17.5 Å². The van der Waals surface area contributed by atoms with E-state index in [9.17, 15) is 14.7 Å². The van der Waals surface area contributed by atoms with Crippen molar-refractivity contribution in [3.63, 3.8) is 0 Å². The molecule has 0 radical (unpaired) electrons. The second kappa shape index (κ2) is 9.90. The fraction of sp³-hybridized carbons (Fsp3) is 0.448. The summed E-state index contributed by atoms with van der Waals surface area (Å²) >= 11 is 0. The molecule has 0 unspecified atom stereocenters. The van der Waals surface area contributed by atoms with Crippen LogP contribution in [0.25, 0.3) is 0 Å². The summed E-state index contributed by atoms with van der Waals surface area (Å²) in [5.41, 5.74) is 2.76. The number of nitrogens with one attached hydrogen (secondary N) is 1. The predicted octanol–water partition coefficient (Wildman–Crippen LogP) is 4.24. The van der Waals surface area contributed by atoms with Crippen molar-refractivity contribution in [2.24, 2.45) is 5.92 Å². The monoisotopic (exact) mass is 563 g/mol. The third-order valence-electron chi connectivity index (χ3n) is 8.64. The average molecular weight is 564 g/mol. The number of benzene rings is 2. The number of aliphatic hydroxyl groups is 1. The molecule has 1 saturated heterocycles. The Hall–Kier alpha value is -3.41. The van der Waals surface area contributed by atoms with Gasteiger partial charge in [0.25, 0.3) is 5.91 Å². The molecular weight excluding hydrogens is 529 g/mol. The van der Waals surface area contributed by atoms with Crippen molar-refractivity contribution < 1.29 is 23.5 Å². The highest BCUT2D eigenvalue weighted by Gasteiger charge is 2.65. The number of carbonyl (C=O) groups is 2. The van der Waals surface area contributed by atoms with Crippen LogP contribution in [0.4, 0.5) is 21.2 Å². The van der Waals surface area contributed by atoms with Crippen LogP contribution in [0.1, 0.15) is 36.6 Å². The molecule has 0 aliphatic carbocycles. The Balaban J connectivity index is 1.36. The summed E-state index contributed by atoms with van der Waals surface area (Å²) in [6, 6.07) is 13.4. The van der Waals surface area contributed by atoms with Gasteiger partial charge in [0, 0.05) is 60.6 Å². The molecule has 40 heavy (non-hydrogen) atoms. The lowest BCUT2D eigenvalue weighted by atomic mass is 9.82. The van der Waals surface area contributed by atoms with Crippen molar-refractivity contribution in [2.45, 2.75) is 69.5 Å². The zero-order valence-electron chi connectivity index (χ0n) is 22.9. The topological polar surface area (TPSA) is 110 Å². The first-order valence-corrected chi connectivity index (χ1v) is 16.8. The number of aliphatic hydroxyl groups excluding tert-OH is 1. The molecular formula is C29H34FN5O4Si. The van der Waals surface area contributed by atoms with E-state index in [1.807, 2.05) is 49.4 Å². The number of nitrogens with zero attached hydrogens (tertiary/aromatic N) is 4. The largest absolute Gasteiger partial charge is 0.396 e. The zero-order valence-corrected chi connectivity index (χ0v) is 23.9. The number of rotatable bonds is 7. The van der Waals surface area contributed by atoms with Gasteiger partial charge in [0.1, 0.15) is 0 Å². The van der Waals surface area contributed by atoms with Gasteiger partial charge in [0.2, 0.25) is 14.3 Å². The van der Waals surface area contributed by atoms with Gasteiger partial charge in [-0.1, -0.05) is 30.3 Å². The summed E-state index contributed by atoms with van der Waals surface area (Å²) in [4.78, 5) is 28.6. The summed E-state index contributed by atoms with van der Waals surface area (Å²) in [5, 5.41) is 20.4. The highest BCUT2D eigenvalue weighted by molar-refractivity contribution is 6.72. The fourth-order valence-corrected chi connectivity index (χ4v) is 9.45. The van der Waals surface area contributed by atoms with Gasteiger partial charge in [-0.25, -0.2) is 0 Å². The summed E-state index contributed by atoms with van der Waals surface area (Å²) in [5.74, 6) is -0.730. The maximum absolute atomic E-state index is 16.0. The van der Waals surface area contributed by atoms with E-state index >= 15 is 4.11 Å². The SMILES string of the molecule is C[C@H]1[C@H]([Si](C)(C)F)[C@@H](CCn2cc(CCO)nn2)O[C@]12C(=O)Nc1ccc(N3C(=O)CCc4ccccc43)cc12. The second-order valence-electron chi connectivity index (χ2n) is 11.5. The van der Waals surface area contributed by atoms with Crippen molar-refractivity contribution >= 4 is 37.3 Å².